The van der Waals surface area contributed by atoms with E-state index in [1.54, 1.807) is 12.1 Å². The number of carbonyl (C=O) groups excluding carboxylic acids is 1. The van der Waals surface area contributed by atoms with Crippen molar-refractivity contribution >= 4 is 5.97 Å². The molecule has 0 aliphatic heterocycles. The lowest BCUT2D eigenvalue weighted by Crippen LogP contribution is -2.23. The average molecular weight is 311 g/mol. The maximum absolute atomic E-state index is 11.8. The van der Waals surface area contributed by atoms with E-state index in [0.717, 1.165) is 32.4 Å². The molecule has 0 bridgehead atoms. The van der Waals surface area contributed by atoms with Crippen LogP contribution in [0.5, 0.6) is 0 Å². The Morgan fingerprint density at radius 3 is 2.22 bits per heavy atom. The normalized spacial score (nSPS) is 10.7. The third kappa shape index (κ3) is 6.66. The summed E-state index contributed by atoms with van der Waals surface area (Å²) in [6.07, 6.45) is 3.11. The first-order valence-corrected chi connectivity index (χ1v) is 8.20. The third-order valence-corrected chi connectivity index (χ3v) is 3.77. The second kappa shape index (κ2) is 9.80. The SMILES string of the molecule is CN(CCCOC(=O)c1ccccc1)CCCc1ccccc1. The largest absolute Gasteiger partial charge is 0.462 e. The molecule has 0 aliphatic carbocycles. The van der Waals surface area contributed by atoms with Crippen molar-refractivity contribution in [2.75, 3.05) is 26.7 Å². The van der Waals surface area contributed by atoms with Gasteiger partial charge in [-0.3, -0.25) is 0 Å². The molecule has 2 aromatic rings. The molecule has 0 aromatic heterocycles. The van der Waals surface area contributed by atoms with Crippen molar-refractivity contribution in [3.8, 4) is 0 Å². The molecule has 0 atom stereocenters. The van der Waals surface area contributed by atoms with E-state index in [1.807, 2.05) is 24.3 Å². The van der Waals surface area contributed by atoms with Crippen molar-refractivity contribution < 1.29 is 9.53 Å². The second-order valence-electron chi connectivity index (χ2n) is 5.75. The zero-order valence-electron chi connectivity index (χ0n) is 13.8. The van der Waals surface area contributed by atoms with Crippen LogP contribution in [0.3, 0.4) is 0 Å². The van der Waals surface area contributed by atoms with Crippen LogP contribution in [-0.4, -0.2) is 37.6 Å². The van der Waals surface area contributed by atoms with Crippen LogP contribution in [0.25, 0.3) is 0 Å². The molecule has 0 heterocycles. The van der Waals surface area contributed by atoms with E-state index in [9.17, 15) is 4.79 Å². The fourth-order valence-electron chi connectivity index (χ4n) is 2.47. The van der Waals surface area contributed by atoms with Gasteiger partial charge in [0, 0.05) is 6.54 Å². The fraction of sp³-hybridized carbons (Fsp3) is 0.350. The van der Waals surface area contributed by atoms with Gasteiger partial charge in [0.1, 0.15) is 0 Å². The Morgan fingerprint density at radius 1 is 0.913 bits per heavy atom. The number of rotatable bonds is 9. The van der Waals surface area contributed by atoms with Crippen LogP contribution in [0.2, 0.25) is 0 Å². The van der Waals surface area contributed by atoms with Crippen molar-refractivity contribution in [1.82, 2.24) is 4.90 Å². The Balaban J connectivity index is 1.54. The Labute approximate surface area is 138 Å². The topological polar surface area (TPSA) is 29.5 Å². The lowest BCUT2D eigenvalue weighted by Gasteiger charge is -2.16. The zero-order chi connectivity index (χ0) is 16.3. The molecule has 0 saturated carbocycles. The van der Waals surface area contributed by atoms with Gasteiger partial charge in [-0.15, -0.1) is 0 Å². The van der Waals surface area contributed by atoms with Crippen molar-refractivity contribution in [2.45, 2.75) is 19.3 Å². The minimum absolute atomic E-state index is 0.239. The first kappa shape index (κ1) is 17.2. The highest BCUT2D eigenvalue weighted by molar-refractivity contribution is 5.89. The molecule has 2 aromatic carbocycles. The first-order valence-electron chi connectivity index (χ1n) is 8.20. The van der Waals surface area contributed by atoms with Gasteiger partial charge in [0.05, 0.1) is 12.2 Å². The molecule has 0 amide bonds. The van der Waals surface area contributed by atoms with Gasteiger partial charge in [-0.2, -0.15) is 0 Å². The van der Waals surface area contributed by atoms with Crippen LogP contribution in [0, 0.1) is 0 Å². The highest BCUT2D eigenvalue weighted by atomic mass is 16.5. The molecule has 0 saturated heterocycles. The molecule has 0 fully saturated rings. The number of ether oxygens (including phenoxy) is 1. The van der Waals surface area contributed by atoms with E-state index in [1.165, 1.54) is 5.56 Å². The van der Waals surface area contributed by atoms with Gasteiger partial charge in [-0.25, -0.2) is 4.79 Å². The van der Waals surface area contributed by atoms with Crippen LogP contribution < -0.4 is 0 Å². The van der Waals surface area contributed by atoms with Crippen LogP contribution in [0.15, 0.2) is 60.7 Å². The molecule has 3 nitrogen and oxygen atoms in total. The van der Waals surface area contributed by atoms with Crippen molar-refractivity contribution in [2.24, 2.45) is 0 Å². The van der Waals surface area contributed by atoms with Crippen LogP contribution in [0.4, 0.5) is 0 Å². The van der Waals surface area contributed by atoms with E-state index in [2.05, 4.69) is 36.2 Å². The minimum Gasteiger partial charge on any atom is -0.462 e. The molecule has 2 rings (SSSR count). The lowest BCUT2D eigenvalue weighted by atomic mass is 10.1. The highest BCUT2D eigenvalue weighted by Gasteiger charge is 2.06. The summed E-state index contributed by atoms with van der Waals surface area (Å²) in [5, 5.41) is 0. The maximum Gasteiger partial charge on any atom is 0.338 e. The number of hydrogen-bond donors (Lipinski definition) is 0. The number of nitrogens with zero attached hydrogens (tertiary/aromatic N) is 1. The van der Waals surface area contributed by atoms with E-state index >= 15 is 0 Å². The van der Waals surface area contributed by atoms with Crippen LogP contribution in [0.1, 0.15) is 28.8 Å². The fourth-order valence-corrected chi connectivity index (χ4v) is 2.47. The number of hydrogen-bond acceptors (Lipinski definition) is 3. The van der Waals surface area contributed by atoms with Gasteiger partial charge in [-0.05, 0) is 50.6 Å². The zero-order valence-corrected chi connectivity index (χ0v) is 13.8. The predicted molar refractivity (Wildman–Crippen MR) is 93.6 cm³/mol. The third-order valence-electron chi connectivity index (χ3n) is 3.77. The smallest absolute Gasteiger partial charge is 0.338 e. The summed E-state index contributed by atoms with van der Waals surface area (Å²) in [6, 6.07) is 19.7. The first-order chi connectivity index (χ1) is 11.3. The van der Waals surface area contributed by atoms with Gasteiger partial charge in [-0.1, -0.05) is 48.5 Å². The van der Waals surface area contributed by atoms with E-state index < -0.39 is 0 Å². The summed E-state index contributed by atoms with van der Waals surface area (Å²) in [4.78, 5) is 14.1. The summed E-state index contributed by atoms with van der Waals surface area (Å²) in [5.41, 5.74) is 2.00. The lowest BCUT2D eigenvalue weighted by molar-refractivity contribution is 0.0491. The Morgan fingerprint density at radius 2 is 1.52 bits per heavy atom. The summed E-state index contributed by atoms with van der Waals surface area (Å²) < 4.78 is 5.29. The van der Waals surface area contributed by atoms with Gasteiger partial charge < -0.3 is 9.64 Å². The van der Waals surface area contributed by atoms with Crippen LogP contribution >= 0.6 is 0 Å². The molecular formula is C20H25NO2. The second-order valence-corrected chi connectivity index (χ2v) is 5.75. The molecule has 0 unspecified atom stereocenters. The number of esters is 1. The number of carbonyl (C=O) groups is 1. The standard InChI is InChI=1S/C20H25NO2/c1-21(15-8-12-18-10-4-2-5-11-18)16-9-17-23-20(22)19-13-6-3-7-14-19/h2-7,10-11,13-14H,8-9,12,15-17H2,1H3. The Kier molecular flexibility index (Phi) is 7.34. The molecule has 23 heavy (non-hydrogen) atoms. The number of benzene rings is 2. The van der Waals surface area contributed by atoms with Gasteiger partial charge >= 0.3 is 5.97 Å². The maximum atomic E-state index is 11.8. The minimum atomic E-state index is -0.239. The van der Waals surface area contributed by atoms with Crippen molar-refractivity contribution in [1.29, 1.82) is 0 Å². The molecule has 0 spiro atoms. The van der Waals surface area contributed by atoms with E-state index in [-0.39, 0.29) is 5.97 Å². The summed E-state index contributed by atoms with van der Waals surface area (Å²) >= 11 is 0. The monoisotopic (exact) mass is 311 g/mol. The van der Waals surface area contributed by atoms with E-state index in [0.29, 0.717) is 12.2 Å². The number of aryl methyl sites for hydroxylation is 1. The van der Waals surface area contributed by atoms with Gasteiger partial charge in [0.25, 0.3) is 0 Å². The van der Waals surface area contributed by atoms with Gasteiger partial charge in [0.15, 0.2) is 0 Å². The summed E-state index contributed by atoms with van der Waals surface area (Å²) in [6.45, 7) is 2.47. The molecule has 122 valence electrons. The molecule has 3 heteroatoms. The van der Waals surface area contributed by atoms with E-state index in [4.69, 9.17) is 4.74 Å². The molecule has 0 aliphatic rings. The molecule has 0 radical (unpaired) electrons. The molecule has 0 N–H and O–H groups in total. The quantitative estimate of drug-likeness (QED) is 0.521. The van der Waals surface area contributed by atoms with Crippen LogP contribution in [-0.2, 0) is 11.2 Å². The summed E-state index contributed by atoms with van der Waals surface area (Å²) in [7, 11) is 2.12. The summed E-state index contributed by atoms with van der Waals surface area (Å²) in [5.74, 6) is -0.239. The van der Waals surface area contributed by atoms with Crippen molar-refractivity contribution in [3.63, 3.8) is 0 Å². The average Bonchev–Trinajstić information content (AvgIpc) is 2.60. The predicted octanol–water partition coefficient (Wildman–Crippen LogP) is 3.80. The Hall–Kier alpha value is -2.13. The van der Waals surface area contributed by atoms with Crippen molar-refractivity contribution in [3.05, 3.63) is 71.8 Å². The Bertz CT molecular complexity index is 569. The van der Waals surface area contributed by atoms with Gasteiger partial charge in [0.2, 0.25) is 0 Å². The molecular weight excluding hydrogens is 286 g/mol. The highest BCUT2D eigenvalue weighted by Crippen LogP contribution is 2.04.